The van der Waals surface area contributed by atoms with Gasteiger partial charge < -0.3 is 24.8 Å². The maximum absolute atomic E-state index is 12.7. The highest BCUT2D eigenvalue weighted by Gasteiger charge is 2.31. The molecule has 1 atom stereocenters. The summed E-state index contributed by atoms with van der Waals surface area (Å²) in [7, 11) is 0. The van der Waals surface area contributed by atoms with E-state index in [0.29, 0.717) is 24.4 Å². The fourth-order valence-corrected chi connectivity index (χ4v) is 3.70. The van der Waals surface area contributed by atoms with Gasteiger partial charge in [0.1, 0.15) is 11.5 Å². The molecule has 0 aliphatic carbocycles. The van der Waals surface area contributed by atoms with Crippen molar-refractivity contribution in [3.05, 3.63) is 59.7 Å². The van der Waals surface area contributed by atoms with Crippen LogP contribution in [0.1, 0.15) is 43.7 Å². The van der Waals surface area contributed by atoms with E-state index in [2.05, 4.69) is 10.1 Å². The Bertz CT molecular complexity index is 1010. The predicted octanol–water partition coefficient (Wildman–Crippen LogP) is 4.92. The first-order chi connectivity index (χ1) is 15.9. The summed E-state index contributed by atoms with van der Waals surface area (Å²) in [5.74, 6) is -0.875. The number of urea groups is 1. The number of rotatable bonds is 7. The van der Waals surface area contributed by atoms with E-state index in [1.165, 1.54) is 38.1 Å². The van der Waals surface area contributed by atoms with E-state index in [9.17, 15) is 27.9 Å². The number of hydrogen-bond donors (Lipinski definition) is 2. The predicted molar refractivity (Wildman–Crippen MR) is 118 cm³/mol. The lowest BCUT2D eigenvalue weighted by molar-refractivity contribution is -0.274. The molecule has 2 amide bonds. The minimum Gasteiger partial charge on any atom is -0.478 e. The topological polar surface area (TPSA) is 88.1 Å². The maximum atomic E-state index is 12.7. The number of alkyl halides is 3. The zero-order chi connectivity index (χ0) is 24.9. The van der Waals surface area contributed by atoms with Crippen LogP contribution < -0.4 is 14.8 Å². The van der Waals surface area contributed by atoms with Crippen molar-refractivity contribution in [1.82, 2.24) is 10.2 Å². The second-order valence-electron chi connectivity index (χ2n) is 8.63. The Kier molecular flexibility index (Phi) is 7.58. The Balaban J connectivity index is 1.57. The fourth-order valence-electron chi connectivity index (χ4n) is 3.70. The molecule has 0 aromatic heterocycles. The molecule has 1 aliphatic heterocycles. The van der Waals surface area contributed by atoms with Gasteiger partial charge in [0.05, 0.1) is 0 Å². The normalized spacial score (nSPS) is 16.6. The number of amides is 2. The van der Waals surface area contributed by atoms with Crippen LogP contribution >= 0.6 is 0 Å². The minimum atomic E-state index is -4.75. The Morgan fingerprint density at radius 1 is 1.09 bits per heavy atom. The lowest BCUT2D eigenvalue weighted by Crippen LogP contribution is -2.44. The van der Waals surface area contributed by atoms with Crippen LogP contribution in [0, 0.1) is 0 Å². The molecular weight excluding hydrogens is 453 g/mol. The van der Waals surface area contributed by atoms with Gasteiger partial charge in [-0.3, -0.25) is 0 Å². The molecule has 1 saturated heterocycles. The summed E-state index contributed by atoms with van der Waals surface area (Å²) in [6.45, 7) is 4.19. The van der Waals surface area contributed by atoms with Crippen molar-refractivity contribution in [1.29, 1.82) is 0 Å². The summed E-state index contributed by atoms with van der Waals surface area (Å²) in [6.07, 6.45) is -3.08. The molecule has 2 N–H and O–H groups in total. The number of carboxylic acids is 1. The molecule has 184 valence electrons. The van der Waals surface area contributed by atoms with Crippen LogP contribution in [-0.4, -0.2) is 47.1 Å². The lowest BCUT2D eigenvalue weighted by atomic mass is 9.90. The lowest BCUT2D eigenvalue weighted by Gasteiger charge is -2.33. The van der Waals surface area contributed by atoms with Crippen LogP contribution in [0.15, 0.2) is 48.5 Å². The molecule has 3 rings (SSSR count). The van der Waals surface area contributed by atoms with Crippen molar-refractivity contribution in [3.8, 4) is 11.5 Å². The number of likely N-dealkylation sites (tertiary alicyclic amines) is 1. The first kappa shape index (κ1) is 25.2. The van der Waals surface area contributed by atoms with Gasteiger partial charge in [-0.2, -0.15) is 0 Å². The number of hydrogen-bond acceptors (Lipinski definition) is 4. The molecule has 0 saturated carbocycles. The average Bonchev–Trinajstić information content (AvgIpc) is 2.77. The van der Waals surface area contributed by atoms with E-state index in [4.69, 9.17) is 4.74 Å². The maximum Gasteiger partial charge on any atom is 0.573 e. The number of carbonyl (C=O) groups is 2. The molecule has 2 aromatic carbocycles. The van der Waals surface area contributed by atoms with Gasteiger partial charge in [0, 0.05) is 25.6 Å². The molecule has 1 heterocycles. The van der Waals surface area contributed by atoms with Crippen molar-refractivity contribution in [2.24, 2.45) is 0 Å². The fraction of sp³-hybridized carbons (Fsp3) is 0.417. The van der Waals surface area contributed by atoms with Crippen molar-refractivity contribution in [2.75, 3.05) is 13.1 Å². The van der Waals surface area contributed by atoms with Crippen LogP contribution in [0.2, 0.25) is 0 Å². The molecule has 0 unspecified atom stereocenters. The van der Waals surface area contributed by atoms with E-state index in [0.717, 1.165) is 18.4 Å². The second kappa shape index (κ2) is 10.2. The van der Waals surface area contributed by atoms with Gasteiger partial charge in [0.15, 0.2) is 5.60 Å². The summed E-state index contributed by atoms with van der Waals surface area (Å²) in [5, 5.41) is 12.1. The van der Waals surface area contributed by atoms with Gasteiger partial charge in [-0.15, -0.1) is 13.2 Å². The molecule has 0 spiro atoms. The molecule has 7 nitrogen and oxygen atoms in total. The minimum absolute atomic E-state index is 0.0646. The summed E-state index contributed by atoms with van der Waals surface area (Å²) < 4.78 is 46.3. The number of aliphatic carboxylic acids is 1. The van der Waals surface area contributed by atoms with Gasteiger partial charge >= 0.3 is 18.4 Å². The molecule has 1 fully saturated rings. The second-order valence-corrected chi connectivity index (χ2v) is 8.63. The summed E-state index contributed by atoms with van der Waals surface area (Å²) in [6, 6.07) is 12.3. The highest BCUT2D eigenvalue weighted by molar-refractivity contribution is 5.76. The third-order valence-corrected chi connectivity index (χ3v) is 5.53. The Morgan fingerprint density at radius 2 is 1.79 bits per heavy atom. The monoisotopic (exact) mass is 480 g/mol. The molecule has 1 aliphatic rings. The highest BCUT2D eigenvalue weighted by atomic mass is 19.4. The van der Waals surface area contributed by atoms with Crippen LogP contribution in [0.5, 0.6) is 11.5 Å². The first-order valence-electron chi connectivity index (χ1n) is 10.8. The number of ether oxygens (including phenoxy) is 2. The van der Waals surface area contributed by atoms with Crippen LogP contribution in [0.3, 0.4) is 0 Å². The van der Waals surface area contributed by atoms with Crippen molar-refractivity contribution >= 4 is 12.0 Å². The summed E-state index contributed by atoms with van der Waals surface area (Å²) in [4.78, 5) is 25.7. The van der Waals surface area contributed by atoms with Crippen LogP contribution in [0.25, 0.3) is 0 Å². The van der Waals surface area contributed by atoms with Gasteiger partial charge in [-0.1, -0.05) is 24.3 Å². The largest absolute Gasteiger partial charge is 0.573 e. The molecule has 0 radical (unpaired) electrons. The zero-order valence-corrected chi connectivity index (χ0v) is 18.9. The summed E-state index contributed by atoms with van der Waals surface area (Å²) in [5.41, 5.74) is 0.229. The van der Waals surface area contributed by atoms with Gasteiger partial charge in [0.2, 0.25) is 0 Å². The van der Waals surface area contributed by atoms with Crippen LogP contribution in [0.4, 0.5) is 18.0 Å². The van der Waals surface area contributed by atoms with Crippen molar-refractivity contribution in [3.63, 3.8) is 0 Å². The summed E-state index contributed by atoms with van der Waals surface area (Å²) >= 11 is 0. The number of piperidine rings is 1. The van der Waals surface area contributed by atoms with Gasteiger partial charge in [-0.25, -0.2) is 9.59 Å². The van der Waals surface area contributed by atoms with E-state index in [1.54, 1.807) is 23.1 Å². The third kappa shape index (κ3) is 7.03. The quantitative estimate of drug-likeness (QED) is 0.588. The zero-order valence-electron chi connectivity index (χ0n) is 18.9. The number of nitrogens with zero attached hydrogens (tertiary/aromatic N) is 1. The number of halogens is 3. The Hall–Kier alpha value is -3.43. The van der Waals surface area contributed by atoms with Crippen molar-refractivity contribution < 1.29 is 37.3 Å². The highest BCUT2D eigenvalue weighted by Crippen LogP contribution is 2.30. The SMILES string of the molecule is CC(C)(Oc1cccc([C@@H]2CCCN(C(=O)NCc3ccc(OC(F)(F)F)cc3)C2)c1)C(=O)O. The first-order valence-corrected chi connectivity index (χ1v) is 10.8. The molecule has 2 aromatic rings. The van der Waals surface area contributed by atoms with E-state index in [-0.39, 0.29) is 24.2 Å². The molecule has 34 heavy (non-hydrogen) atoms. The number of carboxylic acid groups (broad SMARTS) is 1. The van der Waals surface area contributed by atoms with Gasteiger partial charge in [0.25, 0.3) is 0 Å². The molecule has 0 bridgehead atoms. The van der Waals surface area contributed by atoms with E-state index < -0.39 is 17.9 Å². The van der Waals surface area contributed by atoms with Crippen molar-refractivity contribution in [2.45, 2.75) is 51.1 Å². The van der Waals surface area contributed by atoms with Gasteiger partial charge in [-0.05, 0) is 62.1 Å². The number of nitrogens with one attached hydrogen (secondary N) is 1. The Labute approximate surface area is 195 Å². The number of benzene rings is 2. The molecule has 10 heteroatoms. The molecular formula is C24H27F3N2O5. The standard InChI is InChI=1S/C24H27F3N2O5/c1-23(2,21(30)31)33-20-7-3-5-17(13-20)18-6-4-12-29(15-18)22(32)28-14-16-8-10-19(11-9-16)34-24(25,26)27/h3,5,7-11,13,18H,4,6,12,14-15H2,1-2H3,(H,28,32)(H,30,31)/t18-/m1/s1. The number of carbonyl (C=O) groups excluding carboxylic acids is 1. The van der Waals surface area contributed by atoms with E-state index in [1.807, 2.05) is 6.07 Å². The van der Waals surface area contributed by atoms with E-state index >= 15 is 0 Å². The smallest absolute Gasteiger partial charge is 0.478 e. The Morgan fingerprint density at radius 3 is 2.44 bits per heavy atom. The average molecular weight is 480 g/mol. The van der Waals surface area contributed by atoms with Crippen LogP contribution in [-0.2, 0) is 11.3 Å². The third-order valence-electron chi connectivity index (χ3n) is 5.53.